The summed E-state index contributed by atoms with van der Waals surface area (Å²) in [5, 5.41) is 4.19. The minimum atomic E-state index is 0.599. The summed E-state index contributed by atoms with van der Waals surface area (Å²) in [6, 6.07) is 6.39. The average Bonchev–Trinajstić information content (AvgIpc) is 2.52. The lowest BCUT2D eigenvalue weighted by atomic mass is 10.1. The third-order valence-corrected chi connectivity index (χ3v) is 3.55. The van der Waals surface area contributed by atoms with E-state index in [-0.39, 0.29) is 0 Å². The molecule has 88 valence electrons. The van der Waals surface area contributed by atoms with Gasteiger partial charge in [-0.25, -0.2) is 0 Å². The fraction of sp³-hybridized carbons (Fsp3) is 0.538. The van der Waals surface area contributed by atoms with Crippen LogP contribution in [-0.2, 0) is 0 Å². The minimum Gasteiger partial charge on any atom is -0.398 e. The summed E-state index contributed by atoms with van der Waals surface area (Å²) in [6.07, 6.45) is 7.95. The van der Waals surface area contributed by atoms with Gasteiger partial charge in [0.2, 0.25) is 0 Å². The van der Waals surface area contributed by atoms with Crippen molar-refractivity contribution in [1.82, 2.24) is 0 Å². The largest absolute Gasteiger partial charge is 0.398 e. The smallest absolute Gasteiger partial charge is 0.0655 e. The maximum Gasteiger partial charge on any atom is 0.0655 e. The summed E-state index contributed by atoms with van der Waals surface area (Å²) < 4.78 is 0. The van der Waals surface area contributed by atoms with Gasteiger partial charge in [0, 0.05) is 11.7 Å². The Hall–Kier alpha value is -0.890. The highest BCUT2D eigenvalue weighted by atomic mass is 35.5. The molecule has 1 aromatic carbocycles. The lowest BCUT2D eigenvalue weighted by Gasteiger charge is -2.18. The van der Waals surface area contributed by atoms with Crippen molar-refractivity contribution in [1.29, 1.82) is 0 Å². The Labute approximate surface area is 102 Å². The number of hydrogen-bond donors (Lipinski definition) is 2. The fourth-order valence-corrected chi connectivity index (χ4v) is 2.46. The predicted octanol–water partition coefficient (Wildman–Crippen LogP) is 4.06. The Balaban J connectivity index is 1.99. The molecule has 0 spiro atoms. The van der Waals surface area contributed by atoms with Crippen LogP contribution in [0.2, 0.25) is 5.02 Å². The molecular formula is C13H19ClN2. The standard InChI is InChI=1S/C13H19ClN2/c14-12-9-11(7-8-13(12)15)16-10-5-3-1-2-4-6-10/h7-10,16H,1-6,15H2. The van der Waals surface area contributed by atoms with Crippen LogP contribution in [0.5, 0.6) is 0 Å². The van der Waals surface area contributed by atoms with Gasteiger partial charge in [-0.3, -0.25) is 0 Å². The van der Waals surface area contributed by atoms with Crippen LogP contribution in [0.25, 0.3) is 0 Å². The van der Waals surface area contributed by atoms with E-state index in [4.69, 9.17) is 17.3 Å². The predicted molar refractivity (Wildman–Crippen MR) is 71.0 cm³/mol. The zero-order valence-corrected chi connectivity index (χ0v) is 10.3. The zero-order chi connectivity index (χ0) is 11.4. The van der Waals surface area contributed by atoms with Crippen LogP contribution in [0.3, 0.4) is 0 Å². The Kier molecular flexibility index (Phi) is 3.94. The summed E-state index contributed by atoms with van der Waals surface area (Å²) >= 11 is 6.00. The monoisotopic (exact) mass is 238 g/mol. The molecule has 2 rings (SSSR count). The van der Waals surface area contributed by atoms with Crippen LogP contribution in [-0.4, -0.2) is 6.04 Å². The summed E-state index contributed by atoms with van der Waals surface area (Å²) in [5.41, 5.74) is 7.42. The Bertz CT molecular complexity index is 344. The van der Waals surface area contributed by atoms with E-state index in [2.05, 4.69) is 5.32 Å². The topological polar surface area (TPSA) is 38.0 Å². The van der Waals surface area contributed by atoms with Gasteiger partial charge in [-0.15, -0.1) is 0 Å². The number of halogens is 1. The van der Waals surface area contributed by atoms with Crippen molar-refractivity contribution in [3.05, 3.63) is 23.2 Å². The van der Waals surface area contributed by atoms with Gasteiger partial charge in [0.05, 0.1) is 10.7 Å². The second-order valence-electron chi connectivity index (χ2n) is 4.57. The lowest BCUT2D eigenvalue weighted by molar-refractivity contribution is 0.620. The first kappa shape index (κ1) is 11.6. The lowest BCUT2D eigenvalue weighted by Crippen LogP contribution is -2.18. The number of anilines is 2. The Morgan fingerprint density at radius 3 is 2.44 bits per heavy atom. The van der Waals surface area contributed by atoms with Crippen LogP contribution in [0.15, 0.2) is 18.2 Å². The van der Waals surface area contributed by atoms with Gasteiger partial charge in [-0.05, 0) is 31.0 Å². The van der Waals surface area contributed by atoms with Gasteiger partial charge >= 0.3 is 0 Å². The van der Waals surface area contributed by atoms with Crippen LogP contribution in [0.4, 0.5) is 11.4 Å². The molecular weight excluding hydrogens is 220 g/mol. The van der Waals surface area contributed by atoms with Crippen molar-refractivity contribution in [2.75, 3.05) is 11.1 Å². The molecule has 1 saturated carbocycles. The SMILES string of the molecule is Nc1ccc(NC2CCCCCC2)cc1Cl. The van der Waals surface area contributed by atoms with E-state index in [1.165, 1.54) is 38.5 Å². The molecule has 1 aliphatic carbocycles. The van der Waals surface area contributed by atoms with E-state index in [0.717, 1.165) is 5.69 Å². The normalized spacial score (nSPS) is 18.1. The van der Waals surface area contributed by atoms with E-state index in [1.54, 1.807) is 0 Å². The highest BCUT2D eigenvalue weighted by Crippen LogP contribution is 2.25. The molecule has 0 bridgehead atoms. The molecule has 3 heteroatoms. The number of nitrogen functional groups attached to an aromatic ring is 1. The van der Waals surface area contributed by atoms with Gasteiger partial charge in [0.1, 0.15) is 0 Å². The molecule has 0 radical (unpaired) electrons. The number of rotatable bonds is 2. The average molecular weight is 239 g/mol. The highest BCUT2D eigenvalue weighted by molar-refractivity contribution is 6.33. The third kappa shape index (κ3) is 3.05. The van der Waals surface area contributed by atoms with E-state index >= 15 is 0 Å². The van der Waals surface area contributed by atoms with Crippen LogP contribution >= 0.6 is 11.6 Å². The quantitative estimate of drug-likeness (QED) is 0.603. The number of nitrogens with one attached hydrogen (secondary N) is 1. The molecule has 1 fully saturated rings. The molecule has 3 N–H and O–H groups in total. The van der Waals surface area contributed by atoms with Gasteiger partial charge in [-0.1, -0.05) is 37.3 Å². The number of hydrogen-bond acceptors (Lipinski definition) is 2. The van der Waals surface area contributed by atoms with Crippen LogP contribution in [0, 0.1) is 0 Å². The third-order valence-electron chi connectivity index (χ3n) is 3.23. The first-order chi connectivity index (χ1) is 7.75. The van der Waals surface area contributed by atoms with Crippen molar-refractivity contribution < 1.29 is 0 Å². The van der Waals surface area contributed by atoms with E-state index in [1.807, 2.05) is 18.2 Å². The van der Waals surface area contributed by atoms with Crippen molar-refractivity contribution in [2.45, 2.75) is 44.6 Å². The molecule has 16 heavy (non-hydrogen) atoms. The molecule has 0 unspecified atom stereocenters. The van der Waals surface area contributed by atoms with Gasteiger partial charge in [-0.2, -0.15) is 0 Å². The van der Waals surface area contributed by atoms with Gasteiger partial charge in [0.25, 0.3) is 0 Å². The second-order valence-corrected chi connectivity index (χ2v) is 4.98. The molecule has 0 aliphatic heterocycles. The summed E-state index contributed by atoms with van der Waals surface area (Å²) in [6.45, 7) is 0. The summed E-state index contributed by atoms with van der Waals surface area (Å²) in [4.78, 5) is 0. The van der Waals surface area contributed by atoms with Crippen molar-refractivity contribution in [2.24, 2.45) is 0 Å². The Morgan fingerprint density at radius 1 is 1.12 bits per heavy atom. The first-order valence-corrected chi connectivity index (χ1v) is 6.45. The molecule has 0 heterocycles. The first-order valence-electron chi connectivity index (χ1n) is 6.07. The Morgan fingerprint density at radius 2 is 1.81 bits per heavy atom. The van der Waals surface area contributed by atoms with Gasteiger partial charge in [0.15, 0.2) is 0 Å². The molecule has 2 nitrogen and oxygen atoms in total. The van der Waals surface area contributed by atoms with Crippen LogP contribution in [0.1, 0.15) is 38.5 Å². The molecule has 0 aromatic heterocycles. The molecule has 0 atom stereocenters. The zero-order valence-electron chi connectivity index (χ0n) is 9.51. The van der Waals surface area contributed by atoms with Crippen molar-refractivity contribution >= 4 is 23.0 Å². The van der Waals surface area contributed by atoms with E-state index < -0.39 is 0 Å². The van der Waals surface area contributed by atoms with Crippen LogP contribution < -0.4 is 11.1 Å². The molecule has 0 saturated heterocycles. The molecule has 0 amide bonds. The fourth-order valence-electron chi connectivity index (χ4n) is 2.28. The number of nitrogens with two attached hydrogens (primary N) is 1. The summed E-state index contributed by atoms with van der Waals surface area (Å²) in [5.74, 6) is 0. The highest BCUT2D eigenvalue weighted by Gasteiger charge is 2.11. The minimum absolute atomic E-state index is 0.599. The summed E-state index contributed by atoms with van der Waals surface area (Å²) in [7, 11) is 0. The van der Waals surface area contributed by atoms with E-state index in [9.17, 15) is 0 Å². The maximum atomic E-state index is 6.00. The number of benzene rings is 1. The molecule has 1 aliphatic rings. The van der Waals surface area contributed by atoms with Crippen molar-refractivity contribution in [3.8, 4) is 0 Å². The van der Waals surface area contributed by atoms with E-state index in [0.29, 0.717) is 16.8 Å². The molecule has 1 aromatic rings. The second kappa shape index (κ2) is 5.44. The maximum absolute atomic E-state index is 6.00. The van der Waals surface area contributed by atoms with Gasteiger partial charge < -0.3 is 11.1 Å². The van der Waals surface area contributed by atoms with Crippen molar-refractivity contribution in [3.63, 3.8) is 0 Å².